The molecule has 138 valence electrons. The summed E-state index contributed by atoms with van der Waals surface area (Å²) in [6.45, 7) is 0.365. The third kappa shape index (κ3) is 5.25. The molecule has 0 radical (unpaired) electrons. The van der Waals surface area contributed by atoms with Gasteiger partial charge in [-0.2, -0.15) is 0 Å². The predicted octanol–water partition coefficient (Wildman–Crippen LogP) is 6.15. The molecule has 4 nitrogen and oxygen atoms in total. The van der Waals surface area contributed by atoms with Gasteiger partial charge in [-0.3, -0.25) is 4.99 Å². The second kappa shape index (κ2) is 8.93. The maximum atomic E-state index is 9.96. The SMILES string of the molecule is COc1cccc(COc2ccc(Cl)cc2N=Cc2cc(Br)ccc2O)c1. The van der Waals surface area contributed by atoms with Gasteiger partial charge in [-0.15, -0.1) is 0 Å². The van der Waals surface area contributed by atoms with Crippen molar-refractivity contribution in [2.45, 2.75) is 6.61 Å². The molecule has 0 aliphatic rings. The predicted molar refractivity (Wildman–Crippen MR) is 112 cm³/mol. The number of phenols is 1. The third-order valence-corrected chi connectivity index (χ3v) is 4.51. The van der Waals surface area contributed by atoms with Crippen molar-refractivity contribution < 1.29 is 14.6 Å². The summed E-state index contributed by atoms with van der Waals surface area (Å²) < 4.78 is 12.0. The highest BCUT2D eigenvalue weighted by Gasteiger charge is 2.06. The van der Waals surface area contributed by atoms with Crippen LogP contribution < -0.4 is 9.47 Å². The fraction of sp³-hybridized carbons (Fsp3) is 0.0952. The molecule has 0 heterocycles. The van der Waals surface area contributed by atoms with Gasteiger partial charge in [0.2, 0.25) is 0 Å². The van der Waals surface area contributed by atoms with Gasteiger partial charge >= 0.3 is 0 Å². The Kier molecular flexibility index (Phi) is 6.37. The lowest BCUT2D eigenvalue weighted by Gasteiger charge is -2.10. The van der Waals surface area contributed by atoms with Crippen molar-refractivity contribution in [3.8, 4) is 17.2 Å². The van der Waals surface area contributed by atoms with E-state index in [4.69, 9.17) is 21.1 Å². The fourth-order valence-electron chi connectivity index (χ4n) is 2.40. The van der Waals surface area contributed by atoms with Gasteiger partial charge in [0.25, 0.3) is 0 Å². The fourth-order valence-corrected chi connectivity index (χ4v) is 2.95. The molecule has 3 aromatic rings. The Morgan fingerprint density at radius 2 is 1.96 bits per heavy atom. The summed E-state index contributed by atoms with van der Waals surface area (Å²) in [7, 11) is 1.63. The zero-order valence-electron chi connectivity index (χ0n) is 14.5. The van der Waals surface area contributed by atoms with Gasteiger partial charge < -0.3 is 14.6 Å². The summed E-state index contributed by atoms with van der Waals surface area (Å²) >= 11 is 9.49. The molecule has 0 aliphatic carbocycles. The highest BCUT2D eigenvalue weighted by Crippen LogP contribution is 2.32. The van der Waals surface area contributed by atoms with Crippen molar-refractivity contribution in [1.29, 1.82) is 0 Å². The first-order chi connectivity index (χ1) is 13.0. The molecule has 27 heavy (non-hydrogen) atoms. The van der Waals surface area contributed by atoms with Gasteiger partial charge in [0.1, 0.15) is 29.5 Å². The van der Waals surface area contributed by atoms with Crippen LogP contribution in [0.5, 0.6) is 17.2 Å². The van der Waals surface area contributed by atoms with E-state index in [1.165, 1.54) is 0 Å². The number of ether oxygens (including phenoxy) is 2. The Balaban J connectivity index is 1.82. The molecule has 0 bridgehead atoms. The van der Waals surface area contributed by atoms with Crippen LogP contribution in [0.25, 0.3) is 0 Å². The minimum absolute atomic E-state index is 0.142. The normalized spacial score (nSPS) is 10.9. The molecular formula is C21H17BrClNO3. The third-order valence-electron chi connectivity index (χ3n) is 3.78. The van der Waals surface area contributed by atoms with E-state index in [0.29, 0.717) is 28.6 Å². The second-order valence-electron chi connectivity index (χ2n) is 5.71. The molecule has 3 aromatic carbocycles. The minimum atomic E-state index is 0.142. The Labute approximate surface area is 171 Å². The first kappa shape index (κ1) is 19.3. The van der Waals surface area contributed by atoms with Crippen LogP contribution in [0.2, 0.25) is 5.02 Å². The number of halogens is 2. The molecule has 0 atom stereocenters. The number of benzene rings is 3. The van der Waals surface area contributed by atoms with Crippen molar-refractivity contribution in [2.75, 3.05) is 7.11 Å². The summed E-state index contributed by atoms with van der Waals surface area (Å²) in [6, 6.07) is 18.0. The summed E-state index contributed by atoms with van der Waals surface area (Å²) in [4.78, 5) is 4.45. The average molecular weight is 447 g/mol. The summed E-state index contributed by atoms with van der Waals surface area (Å²) in [5.41, 5.74) is 2.14. The Morgan fingerprint density at radius 1 is 1.11 bits per heavy atom. The van der Waals surface area contributed by atoms with Crippen molar-refractivity contribution in [1.82, 2.24) is 0 Å². The van der Waals surface area contributed by atoms with Gasteiger partial charge in [0.05, 0.1) is 7.11 Å². The maximum Gasteiger partial charge on any atom is 0.145 e. The number of nitrogens with zero attached hydrogens (tertiary/aromatic N) is 1. The lowest BCUT2D eigenvalue weighted by molar-refractivity contribution is 0.306. The summed E-state index contributed by atoms with van der Waals surface area (Å²) in [5, 5.41) is 10.5. The second-order valence-corrected chi connectivity index (χ2v) is 7.07. The highest BCUT2D eigenvalue weighted by molar-refractivity contribution is 9.10. The summed E-state index contributed by atoms with van der Waals surface area (Å²) in [5.74, 6) is 1.51. The van der Waals surface area contributed by atoms with E-state index in [2.05, 4.69) is 20.9 Å². The van der Waals surface area contributed by atoms with Crippen LogP contribution in [0.15, 0.2) is 70.1 Å². The monoisotopic (exact) mass is 445 g/mol. The van der Waals surface area contributed by atoms with Gasteiger partial charge in [0.15, 0.2) is 0 Å². The molecular weight excluding hydrogens is 430 g/mol. The van der Waals surface area contributed by atoms with Gasteiger partial charge in [-0.25, -0.2) is 0 Å². The number of rotatable bonds is 6. The molecule has 0 unspecified atom stereocenters. The summed E-state index contributed by atoms with van der Waals surface area (Å²) in [6.07, 6.45) is 1.57. The zero-order chi connectivity index (χ0) is 19.2. The number of aliphatic imine (C=N–C) groups is 1. The van der Waals surface area contributed by atoms with Crippen LogP contribution in [0.3, 0.4) is 0 Å². The van der Waals surface area contributed by atoms with E-state index >= 15 is 0 Å². The van der Waals surface area contributed by atoms with Crippen LogP contribution in [-0.2, 0) is 6.61 Å². The van der Waals surface area contributed by atoms with E-state index < -0.39 is 0 Å². The topological polar surface area (TPSA) is 51.0 Å². The van der Waals surface area contributed by atoms with Crippen molar-refractivity contribution in [3.63, 3.8) is 0 Å². The molecule has 0 saturated heterocycles. The van der Waals surface area contributed by atoms with Crippen molar-refractivity contribution >= 4 is 39.4 Å². The Hall–Kier alpha value is -2.50. The van der Waals surface area contributed by atoms with E-state index in [1.54, 1.807) is 49.7 Å². The minimum Gasteiger partial charge on any atom is -0.507 e. The van der Waals surface area contributed by atoms with Crippen LogP contribution in [0, 0.1) is 0 Å². The van der Waals surface area contributed by atoms with E-state index in [9.17, 15) is 5.11 Å². The van der Waals surface area contributed by atoms with E-state index in [1.807, 2.05) is 24.3 Å². The van der Waals surface area contributed by atoms with E-state index in [0.717, 1.165) is 15.8 Å². The molecule has 6 heteroatoms. The van der Waals surface area contributed by atoms with Gasteiger partial charge in [-0.05, 0) is 54.1 Å². The lowest BCUT2D eigenvalue weighted by Crippen LogP contribution is -1.96. The molecule has 0 saturated carbocycles. The molecule has 0 spiro atoms. The zero-order valence-corrected chi connectivity index (χ0v) is 16.9. The Bertz CT molecular complexity index is 975. The molecule has 3 rings (SSSR count). The number of hydrogen-bond acceptors (Lipinski definition) is 4. The van der Waals surface area contributed by atoms with Gasteiger partial charge in [0, 0.05) is 21.3 Å². The van der Waals surface area contributed by atoms with Crippen LogP contribution in [0.4, 0.5) is 5.69 Å². The van der Waals surface area contributed by atoms with Gasteiger partial charge in [-0.1, -0.05) is 39.7 Å². The highest BCUT2D eigenvalue weighted by atomic mass is 79.9. The van der Waals surface area contributed by atoms with Crippen molar-refractivity contribution in [3.05, 3.63) is 81.3 Å². The molecule has 0 aliphatic heterocycles. The lowest BCUT2D eigenvalue weighted by atomic mass is 10.2. The number of phenolic OH excluding ortho intramolecular Hbond substituents is 1. The first-order valence-corrected chi connectivity index (χ1v) is 9.30. The van der Waals surface area contributed by atoms with Crippen LogP contribution in [0.1, 0.15) is 11.1 Å². The standard InChI is InChI=1S/C21H17BrClNO3/c1-26-18-4-2-3-14(9-18)13-27-21-8-6-17(23)11-19(21)24-12-15-10-16(22)5-7-20(15)25/h2-12,25H,13H2,1H3. The van der Waals surface area contributed by atoms with Crippen LogP contribution >= 0.6 is 27.5 Å². The maximum absolute atomic E-state index is 9.96. The largest absolute Gasteiger partial charge is 0.507 e. The van der Waals surface area contributed by atoms with Crippen LogP contribution in [-0.4, -0.2) is 18.4 Å². The smallest absolute Gasteiger partial charge is 0.145 e. The van der Waals surface area contributed by atoms with Crippen molar-refractivity contribution in [2.24, 2.45) is 4.99 Å². The number of hydrogen-bond donors (Lipinski definition) is 1. The number of methoxy groups -OCH3 is 1. The molecule has 1 N–H and O–H groups in total. The molecule has 0 aromatic heterocycles. The Morgan fingerprint density at radius 3 is 2.78 bits per heavy atom. The average Bonchev–Trinajstić information content (AvgIpc) is 2.68. The number of aromatic hydroxyl groups is 1. The quantitative estimate of drug-likeness (QED) is 0.462. The first-order valence-electron chi connectivity index (χ1n) is 8.13. The van der Waals surface area contributed by atoms with E-state index in [-0.39, 0.29) is 5.75 Å². The molecule has 0 fully saturated rings. The molecule has 0 amide bonds.